The summed E-state index contributed by atoms with van der Waals surface area (Å²) in [4.78, 5) is 28.5. The van der Waals surface area contributed by atoms with E-state index in [1.807, 2.05) is 41.2 Å². The molecule has 3 rings (SSSR count). The third-order valence-electron chi connectivity index (χ3n) is 3.92. The molecular weight excluding hydrogens is 348 g/mol. The van der Waals surface area contributed by atoms with Gasteiger partial charge in [0.2, 0.25) is 11.8 Å². The van der Waals surface area contributed by atoms with Crippen molar-refractivity contribution in [1.29, 1.82) is 0 Å². The van der Waals surface area contributed by atoms with E-state index in [1.54, 1.807) is 6.07 Å². The van der Waals surface area contributed by atoms with Gasteiger partial charge in [-0.05, 0) is 42.7 Å². The number of carbonyl (C=O) groups excluding carboxylic acids is 2. The number of rotatable bonds is 6. The van der Waals surface area contributed by atoms with E-state index in [2.05, 4.69) is 29.5 Å². The molecule has 2 aromatic heterocycles. The first-order valence-electron chi connectivity index (χ1n) is 8.54. The Kier molecular flexibility index (Phi) is 5.37. The highest BCUT2D eigenvalue weighted by atomic mass is 32.1. The van der Waals surface area contributed by atoms with Crippen LogP contribution >= 0.6 is 11.3 Å². The lowest BCUT2D eigenvalue weighted by molar-refractivity contribution is -0.119. The molecule has 26 heavy (non-hydrogen) atoms. The fraction of sp³-hybridized carbons (Fsp3) is 0.316. The van der Waals surface area contributed by atoms with Crippen LogP contribution in [0, 0.1) is 5.92 Å². The predicted molar refractivity (Wildman–Crippen MR) is 105 cm³/mol. The lowest BCUT2D eigenvalue weighted by Crippen LogP contribution is -2.26. The van der Waals surface area contributed by atoms with E-state index < -0.39 is 0 Å². The van der Waals surface area contributed by atoms with Gasteiger partial charge >= 0.3 is 0 Å². The van der Waals surface area contributed by atoms with E-state index in [0.717, 1.165) is 22.3 Å². The molecule has 0 spiro atoms. The number of fused-ring (bicyclic) bond motifs is 1. The Hall–Kier alpha value is -2.67. The van der Waals surface area contributed by atoms with Crippen molar-refractivity contribution in [2.75, 3.05) is 10.6 Å². The molecule has 0 radical (unpaired) electrons. The number of nitrogens with one attached hydrogen (secondary N) is 2. The van der Waals surface area contributed by atoms with Crippen molar-refractivity contribution in [3.8, 4) is 0 Å². The second-order valence-corrected chi connectivity index (χ2v) is 7.68. The average molecular weight is 370 g/mol. The van der Waals surface area contributed by atoms with E-state index in [1.165, 1.54) is 18.3 Å². The zero-order valence-electron chi connectivity index (χ0n) is 15.0. The summed E-state index contributed by atoms with van der Waals surface area (Å²) in [6.07, 6.45) is 4.56. The summed E-state index contributed by atoms with van der Waals surface area (Å²) in [6.45, 7) is 5.68. The highest BCUT2D eigenvalue weighted by Crippen LogP contribution is 2.29. The van der Waals surface area contributed by atoms with Crippen LogP contribution in [-0.4, -0.2) is 21.4 Å². The van der Waals surface area contributed by atoms with Crippen LogP contribution < -0.4 is 10.6 Å². The maximum absolute atomic E-state index is 12.8. The Labute approximate surface area is 156 Å². The fourth-order valence-corrected chi connectivity index (χ4v) is 3.72. The van der Waals surface area contributed by atoms with Gasteiger partial charge in [0.1, 0.15) is 6.04 Å². The molecule has 136 valence electrons. The van der Waals surface area contributed by atoms with Crippen molar-refractivity contribution in [3.63, 3.8) is 0 Å². The molecule has 1 aromatic carbocycles. The molecule has 0 bridgehead atoms. The summed E-state index contributed by atoms with van der Waals surface area (Å²) in [5.41, 5.74) is 1.51. The van der Waals surface area contributed by atoms with Crippen molar-refractivity contribution in [2.24, 2.45) is 5.92 Å². The summed E-state index contributed by atoms with van der Waals surface area (Å²) < 4.78 is 2.84. The van der Waals surface area contributed by atoms with E-state index in [-0.39, 0.29) is 17.9 Å². The molecule has 0 unspecified atom stereocenters. The molecule has 2 heterocycles. The third kappa shape index (κ3) is 4.29. The maximum Gasteiger partial charge on any atom is 0.249 e. The van der Waals surface area contributed by atoms with Gasteiger partial charge in [-0.1, -0.05) is 25.2 Å². The van der Waals surface area contributed by atoms with Crippen LogP contribution in [0.3, 0.4) is 0 Å². The normalized spacial score (nSPS) is 12.3. The first-order chi connectivity index (χ1) is 12.4. The Morgan fingerprint density at radius 2 is 1.92 bits per heavy atom. The summed E-state index contributed by atoms with van der Waals surface area (Å²) >= 11 is 1.40. The number of carbonyl (C=O) groups is 2. The molecule has 0 saturated carbocycles. The molecule has 3 aromatic rings. The van der Waals surface area contributed by atoms with Crippen molar-refractivity contribution < 1.29 is 9.59 Å². The van der Waals surface area contributed by atoms with Gasteiger partial charge in [0.15, 0.2) is 5.13 Å². The van der Waals surface area contributed by atoms with E-state index in [9.17, 15) is 9.59 Å². The minimum Gasteiger partial charge on any atom is -0.342 e. The molecule has 1 atom stereocenters. The molecule has 7 heteroatoms. The molecule has 2 amide bonds. The number of benzene rings is 1. The van der Waals surface area contributed by atoms with Crippen LogP contribution in [0.15, 0.2) is 42.7 Å². The number of amides is 2. The summed E-state index contributed by atoms with van der Waals surface area (Å²) in [5, 5.41) is 6.26. The highest BCUT2D eigenvalue weighted by molar-refractivity contribution is 7.22. The molecule has 2 N–H and O–H groups in total. The first-order valence-corrected chi connectivity index (χ1v) is 9.35. The van der Waals surface area contributed by atoms with E-state index in [0.29, 0.717) is 11.0 Å². The topological polar surface area (TPSA) is 76.0 Å². The lowest BCUT2D eigenvalue weighted by Gasteiger charge is -2.19. The fourth-order valence-electron chi connectivity index (χ4n) is 2.81. The lowest BCUT2D eigenvalue weighted by atomic mass is 10.0. The van der Waals surface area contributed by atoms with Crippen LogP contribution in [0.25, 0.3) is 10.2 Å². The second kappa shape index (κ2) is 7.70. The number of anilines is 2. The van der Waals surface area contributed by atoms with Crippen LogP contribution in [-0.2, 0) is 9.59 Å². The Balaban J connectivity index is 1.80. The first kappa shape index (κ1) is 18.1. The van der Waals surface area contributed by atoms with Crippen molar-refractivity contribution in [3.05, 3.63) is 42.7 Å². The number of hydrogen-bond donors (Lipinski definition) is 2. The zero-order valence-corrected chi connectivity index (χ0v) is 15.8. The number of nitrogens with zero attached hydrogens (tertiary/aromatic N) is 2. The summed E-state index contributed by atoms with van der Waals surface area (Å²) in [5.74, 6) is 0.199. The van der Waals surface area contributed by atoms with E-state index in [4.69, 9.17) is 0 Å². The molecular formula is C19H22N4O2S. The molecule has 0 aliphatic heterocycles. The van der Waals surface area contributed by atoms with Crippen LogP contribution in [0.2, 0.25) is 0 Å². The summed E-state index contributed by atoms with van der Waals surface area (Å²) in [6, 6.07) is 9.07. The van der Waals surface area contributed by atoms with E-state index >= 15 is 0 Å². The second-order valence-electron chi connectivity index (χ2n) is 6.65. The van der Waals surface area contributed by atoms with Crippen LogP contribution in [0.4, 0.5) is 10.8 Å². The van der Waals surface area contributed by atoms with Gasteiger partial charge in [-0.15, -0.1) is 0 Å². The molecule has 6 nitrogen and oxygen atoms in total. The van der Waals surface area contributed by atoms with Gasteiger partial charge in [-0.2, -0.15) is 0 Å². The van der Waals surface area contributed by atoms with Crippen LogP contribution in [0.5, 0.6) is 0 Å². The monoisotopic (exact) mass is 370 g/mol. The minimum absolute atomic E-state index is 0.0731. The van der Waals surface area contributed by atoms with Gasteiger partial charge < -0.3 is 15.2 Å². The minimum atomic E-state index is -0.271. The highest BCUT2D eigenvalue weighted by Gasteiger charge is 2.22. The number of aromatic nitrogens is 2. The molecule has 0 aliphatic rings. The van der Waals surface area contributed by atoms with Gasteiger partial charge in [0, 0.05) is 25.0 Å². The Bertz CT molecular complexity index is 915. The van der Waals surface area contributed by atoms with Crippen molar-refractivity contribution >= 4 is 44.2 Å². The summed E-state index contributed by atoms with van der Waals surface area (Å²) in [7, 11) is 0. The third-order valence-corrected chi connectivity index (χ3v) is 4.86. The number of hydrogen-bond acceptors (Lipinski definition) is 4. The van der Waals surface area contributed by atoms with Crippen molar-refractivity contribution in [2.45, 2.75) is 33.2 Å². The largest absolute Gasteiger partial charge is 0.342 e. The van der Waals surface area contributed by atoms with Crippen LogP contribution in [0.1, 0.15) is 33.2 Å². The predicted octanol–water partition coefficient (Wildman–Crippen LogP) is 4.28. The van der Waals surface area contributed by atoms with Crippen molar-refractivity contribution in [1.82, 2.24) is 9.55 Å². The Morgan fingerprint density at radius 1 is 1.19 bits per heavy atom. The molecule has 0 fully saturated rings. The maximum atomic E-state index is 12.8. The SMILES string of the molecule is CC(=O)Nc1ccc2nc(NC(=O)[C@H](CC(C)C)n3cccc3)sc2c1. The standard InChI is InChI=1S/C19H22N4O2S/c1-12(2)10-16(23-8-4-5-9-23)18(25)22-19-21-15-7-6-14(20-13(3)24)11-17(15)26-19/h4-9,11-12,16H,10H2,1-3H3,(H,20,24)(H,21,22,25)/t16-/m0/s1. The molecule has 0 aliphatic carbocycles. The quantitative estimate of drug-likeness (QED) is 0.680. The molecule has 0 saturated heterocycles. The van der Waals surface area contributed by atoms with Gasteiger partial charge in [0.25, 0.3) is 0 Å². The average Bonchev–Trinajstić information content (AvgIpc) is 3.20. The van der Waals surface area contributed by atoms with Gasteiger partial charge in [-0.25, -0.2) is 4.98 Å². The smallest absolute Gasteiger partial charge is 0.249 e. The van der Waals surface area contributed by atoms with Gasteiger partial charge in [-0.3, -0.25) is 9.59 Å². The zero-order chi connectivity index (χ0) is 18.7. The number of thiazole rings is 1. The van der Waals surface area contributed by atoms with Gasteiger partial charge in [0.05, 0.1) is 10.2 Å². The Morgan fingerprint density at radius 3 is 2.58 bits per heavy atom.